The summed E-state index contributed by atoms with van der Waals surface area (Å²) >= 11 is 0. The quantitative estimate of drug-likeness (QED) is 0.578. The summed E-state index contributed by atoms with van der Waals surface area (Å²) in [6.45, 7) is 11.7. The number of rotatable bonds is 10. The smallest absolute Gasteiger partial charge is 0.0477 e. The zero-order valence-corrected chi connectivity index (χ0v) is 11.2. The van der Waals surface area contributed by atoms with Crippen LogP contribution in [0.1, 0.15) is 40.0 Å². The van der Waals surface area contributed by atoms with Crippen LogP contribution >= 0.6 is 0 Å². The van der Waals surface area contributed by atoms with Crippen molar-refractivity contribution in [3.05, 3.63) is 0 Å². The van der Waals surface area contributed by atoms with Gasteiger partial charge in [0.05, 0.1) is 0 Å². The van der Waals surface area contributed by atoms with Crippen molar-refractivity contribution in [3.8, 4) is 0 Å². The average molecular weight is 228 g/mol. The second-order valence-corrected chi connectivity index (χ2v) is 4.67. The van der Waals surface area contributed by atoms with Crippen LogP contribution < -0.4 is 5.32 Å². The molecule has 0 aromatic carbocycles. The van der Waals surface area contributed by atoms with E-state index in [-0.39, 0.29) is 0 Å². The number of hydrogen-bond acceptors (Lipinski definition) is 3. The third-order valence-corrected chi connectivity index (χ3v) is 3.23. The topological polar surface area (TPSA) is 24.5 Å². The summed E-state index contributed by atoms with van der Waals surface area (Å²) in [5.41, 5.74) is 0. The molecule has 16 heavy (non-hydrogen) atoms. The van der Waals surface area contributed by atoms with Gasteiger partial charge in [-0.25, -0.2) is 0 Å². The molecule has 1 aliphatic carbocycles. The lowest BCUT2D eigenvalue weighted by atomic mass is 10.2. The first-order chi connectivity index (χ1) is 7.79. The van der Waals surface area contributed by atoms with Crippen LogP contribution in [0.2, 0.25) is 0 Å². The van der Waals surface area contributed by atoms with Crippen LogP contribution in [0.4, 0.5) is 0 Å². The van der Waals surface area contributed by atoms with Crippen LogP contribution in [0, 0.1) is 0 Å². The van der Waals surface area contributed by atoms with Crippen molar-refractivity contribution in [3.63, 3.8) is 0 Å². The molecule has 3 nitrogen and oxygen atoms in total. The van der Waals surface area contributed by atoms with Gasteiger partial charge in [0.2, 0.25) is 0 Å². The summed E-state index contributed by atoms with van der Waals surface area (Å²) in [7, 11) is 0. The van der Waals surface area contributed by atoms with Crippen molar-refractivity contribution in [1.29, 1.82) is 0 Å². The van der Waals surface area contributed by atoms with Crippen molar-refractivity contribution in [2.75, 3.05) is 32.8 Å². The molecule has 0 amide bonds. The SMILES string of the molecule is CCOCCCNCC(C)N(CC)C1CC1. The fourth-order valence-corrected chi connectivity index (χ4v) is 2.21. The molecule has 1 N–H and O–H groups in total. The molecule has 3 heteroatoms. The molecular formula is C13H28N2O. The minimum Gasteiger partial charge on any atom is -0.382 e. The Morgan fingerprint density at radius 1 is 1.38 bits per heavy atom. The molecule has 1 aliphatic rings. The van der Waals surface area contributed by atoms with Gasteiger partial charge in [-0.15, -0.1) is 0 Å². The standard InChI is InChI=1S/C13H28N2O/c1-4-15(13-7-8-13)12(3)11-14-9-6-10-16-5-2/h12-14H,4-11H2,1-3H3. The molecule has 1 rings (SSSR count). The number of ether oxygens (including phenoxy) is 1. The Hall–Kier alpha value is -0.120. The fraction of sp³-hybridized carbons (Fsp3) is 1.00. The van der Waals surface area contributed by atoms with Gasteiger partial charge in [-0.1, -0.05) is 6.92 Å². The van der Waals surface area contributed by atoms with E-state index in [4.69, 9.17) is 4.74 Å². The fourth-order valence-electron chi connectivity index (χ4n) is 2.21. The Bertz CT molecular complexity index is 171. The van der Waals surface area contributed by atoms with E-state index in [1.54, 1.807) is 0 Å². The molecule has 1 atom stereocenters. The zero-order chi connectivity index (χ0) is 11.8. The minimum absolute atomic E-state index is 0.671. The number of nitrogens with zero attached hydrogens (tertiary/aromatic N) is 1. The van der Waals surface area contributed by atoms with E-state index < -0.39 is 0 Å². The molecule has 0 aliphatic heterocycles. The van der Waals surface area contributed by atoms with E-state index in [1.165, 1.54) is 19.4 Å². The lowest BCUT2D eigenvalue weighted by molar-refractivity contribution is 0.143. The summed E-state index contributed by atoms with van der Waals surface area (Å²) < 4.78 is 5.31. The van der Waals surface area contributed by atoms with Crippen molar-refractivity contribution in [2.45, 2.75) is 52.1 Å². The third kappa shape index (κ3) is 5.28. The highest BCUT2D eigenvalue weighted by Gasteiger charge is 2.30. The largest absolute Gasteiger partial charge is 0.382 e. The van der Waals surface area contributed by atoms with Gasteiger partial charge in [0.1, 0.15) is 0 Å². The predicted molar refractivity (Wildman–Crippen MR) is 68.8 cm³/mol. The van der Waals surface area contributed by atoms with Gasteiger partial charge in [0.15, 0.2) is 0 Å². The molecule has 0 heterocycles. The van der Waals surface area contributed by atoms with Crippen LogP contribution in [-0.2, 0) is 4.74 Å². The lowest BCUT2D eigenvalue weighted by Crippen LogP contribution is -2.41. The summed E-state index contributed by atoms with van der Waals surface area (Å²) in [6.07, 6.45) is 3.93. The molecule has 1 fully saturated rings. The maximum Gasteiger partial charge on any atom is 0.0477 e. The van der Waals surface area contributed by atoms with Gasteiger partial charge < -0.3 is 10.1 Å². The van der Waals surface area contributed by atoms with Crippen molar-refractivity contribution in [1.82, 2.24) is 10.2 Å². The first-order valence-corrected chi connectivity index (χ1v) is 6.83. The first kappa shape index (κ1) is 13.9. The molecular weight excluding hydrogens is 200 g/mol. The summed E-state index contributed by atoms with van der Waals surface area (Å²) in [5, 5.41) is 3.52. The minimum atomic E-state index is 0.671. The maximum atomic E-state index is 5.31. The lowest BCUT2D eigenvalue weighted by Gasteiger charge is -2.28. The Morgan fingerprint density at radius 3 is 2.69 bits per heavy atom. The highest BCUT2D eigenvalue weighted by molar-refractivity contribution is 4.87. The summed E-state index contributed by atoms with van der Waals surface area (Å²) in [6, 6.07) is 1.55. The van der Waals surface area contributed by atoms with E-state index in [0.717, 1.165) is 38.8 Å². The molecule has 0 saturated heterocycles. The monoisotopic (exact) mass is 228 g/mol. The highest BCUT2D eigenvalue weighted by Crippen LogP contribution is 2.27. The maximum absolute atomic E-state index is 5.31. The summed E-state index contributed by atoms with van der Waals surface area (Å²) in [4.78, 5) is 2.62. The highest BCUT2D eigenvalue weighted by atomic mass is 16.5. The van der Waals surface area contributed by atoms with Gasteiger partial charge in [-0.3, -0.25) is 4.90 Å². The molecule has 1 saturated carbocycles. The van der Waals surface area contributed by atoms with Crippen LogP contribution in [0.5, 0.6) is 0 Å². The van der Waals surface area contributed by atoms with Gasteiger partial charge in [-0.05, 0) is 46.2 Å². The van der Waals surface area contributed by atoms with E-state index in [9.17, 15) is 0 Å². The van der Waals surface area contributed by atoms with E-state index in [1.807, 2.05) is 6.92 Å². The first-order valence-electron chi connectivity index (χ1n) is 6.83. The Morgan fingerprint density at radius 2 is 2.12 bits per heavy atom. The zero-order valence-electron chi connectivity index (χ0n) is 11.2. The van der Waals surface area contributed by atoms with Gasteiger partial charge in [-0.2, -0.15) is 0 Å². The number of likely N-dealkylation sites (N-methyl/N-ethyl adjacent to an activating group) is 1. The second-order valence-electron chi connectivity index (χ2n) is 4.67. The van der Waals surface area contributed by atoms with Crippen molar-refractivity contribution >= 4 is 0 Å². The molecule has 1 unspecified atom stereocenters. The number of hydrogen-bond donors (Lipinski definition) is 1. The van der Waals surface area contributed by atoms with Crippen LogP contribution in [0.3, 0.4) is 0 Å². The van der Waals surface area contributed by atoms with Crippen LogP contribution in [-0.4, -0.2) is 49.8 Å². The van der Waals surface area contributed by atoms with E-state index in [0.29, 0.717) is 6.04 Å². The van der Waals surface area contributed by atoms with Crippen LogP contribution in [0.25, 0.3) is 0 Å². The van der Waals surface area contributed by atoms with Gasteiger partial charge in [0.25, 0.3) is 0 Å². The molecule has 96 valence electrons. The van der Waals surface area contributed by atoms with E-state index >= 15 is 0 Å². The molecule has 0 aromatic heterocycles. The van der Waals surface area contributed by atoms with E-state index in [2.05, 4.69) is 24.1 Å². The van der Waals surface area contributed by atoms with Crippen molar-refractivity contribution in [2.24, 2.45) is 0 Å². The Labute approximate surface area is 101 Å². The van der Waals surface area contributed by atoms with Gasteiger partial charge in [0, 0.05) is 31.8 Å². The molecule has 0 aromatic rings. The number of nitrogens with one attached hydrogen (secondary N) is 1. The Kier molecular flexibility index (Phi) is 7.01. The van der Waals surface area contributed by atoms with Crippen LogP contribution in [0.15, 0.2) is 0 Å². The molecule has 0 bridgehead atoms. The van der Waals surface area contributed by atoms with Crippen molar-refractivity contribution < 1.29 is 4.74 Å². The molecule has 0 radical (unpaired) electrons. The summed E-state index contributed by atoms with van der Waals surface area (Å²) in [5.74, 6) is 0. The average Bonchev–Trinajstić information content (AvgIpc) is 3.08. The second kappa shape index (κ2) is 8.04. The Balaban J connectivity index is 1.98. The van der Waals surface area contributed by atoms with Gasteiger partial charge >= 0.3 is 0 Å². The molecule has 0 spiro atoms. The normalized spacial score (nSPS) is 18.0. The third-order valence-electron chi connectivity index (χ3n) is 3.23. The predicted octanol–water partition coefficient (Wildman–Crippen LogP) is 1.88.